The highest BCUT2D eigenvalue weighted by Gasteiger charge is 2.44. The highest BCUT2D eigenvalue weighted by molar-refractivity contribution is 6.23. The number of carbonyl (C=O) groups is 4. The van der Waals surface area contributed by atoms with Gasteiger partial charge in [-0.2, -0.15) is 9.97 Å². The molecule has 4 saturated heterocycles. The van der Waals surface area contributed by atoms with Gasteiger partial charge < -0.3 is 20.1 Å². The lowest BCUT2D eigenvalue weighted by Gasteiger charge is -2.34. The maximum absolute atomic E-state index is 17.0. The molecule has 316 valence electrons. The zero-order chi connectivity index (χ0) is 42.6. The van der Waals surface area contributed by atoms with Crippen molar-refractivity contribution in [1.82, 2.24) is 35.4 Å². The first-order valence-electron chi connectivity index (χ1n) is 21.4. The van der Waals surface area contributed by atoms with Gasteiger partial charge in [0.2, 0.25) is 11.8 Å². The van der Waals surface area contributed by atoms with Gasteiger partial charge in [0.05, 0.1) is 16.5 Å². The topological polar surface area (TPSA) is 170 Å². The van der Waals surface area contributed by atoms with Crippen LogP contribution in [0.1, 0.15) is 83.2 Å². The number of aromatic hydroxyl groups is 1. The minimum atomic E-state index is -0.996. The summed E-state index contributed by atoms with van der Waals surface area (Å²) in [5.74, 6) is 0.529. The number of unbranched alkanes of at least 4 members (excludes halogenated alkanes) is 1. The summed E-state index contributed by atoms with van der Waals surface area (Å²) in [6.45, 7) is 3.49. The van der Waals surface area contributed by atoms with E-state index in [-0.39, 0.29) is 53.0 Å². The number of likely N-dealkylation sites (tertiary alicyclic amines) is 1. The number of anilines is 1. The third kappa shape index (κ3) is 7.16. The van der Waals surface area contributed by atoms with Gasteiger partial charge in [-0.05, 0) is 106 Å². The van der Waals surface area contributed by atoms with Crippen LogP contribution in [0.2, 0.25) is 0 Å². The molecule has 62 heavy (non-hydrogen) atoms. The summed E-state index contributed by atoms with van der Waals surface area (Å²) in [5, 5.41) is 18.3. The first-order valence-corrected chi connectivity index (χ1v) is 21.4. The van der Waals surface area contributed by atoms with Crippen LogP contribution in [0.25, 0.3) is 32.9 Å². The number of rotatable bonds is 11. The monoisotopic (exact) mass is 836 g/mol. The van der Waals surface area contributed by atoms with Gasteiger partial charge in [-0.25, -0.2) is 4.39 Å². The van der Waals surface area contributed by atoms with Crippen molar-refractivity contribution in [2.45, 2.75) is 82.0 Å². The van der Waals surface area contributed by atoms with Crippen molar-refractivity contribution in [3.8, 4) is 35.4 Å². The average Bonchev–Trinajstić information content (AvgIpc) is 3.94. The Labute approximate surface area is 356 Å². The number of halogens is 1. The molecule has 0 radical (unpaired) electrons. The molecule has 0 saturated carbocycles. The van der Waals surface area contributed by atoms with Crippen molar-refractivity contribution in [2.24, 2.45) is 0 Å². The Morgan fingerprint density at radius 1 is 0.935 bits per heavy atom. The van der Waals surface area contributed by atoms with Gasteiger partial charge in [0.15, 0.2) is 5.82 Å². The molecule has 15 heteroatoms. The number of carbonyl (C=O) groups excluding carboxylic acids is 4. The van der Waals surface area contributed by atoms with Gasteiger partial charge in [-0.3, -0.25) is 39.3 Å². The molecule has 10 rings (SSSR count). The van der Waals surface area contributed by atoms with Gasteiger partial charge in [0.25, 0.3) is 11.8 Å². The minimum Gasteiger partial charge on any atom is -0.508 e. The van der Waals surface area contributed by atoms with Crippen LogP contribution < -0.4 is 20.3 Å². The number of phenols is 1. The molecule has 2 bridgehead atoms. The van der Waals surface area contributed by atoms with Crippen LogP contribution in [0.3, 0.4) is 0 Å². The number of imide groups is 2. The number of piperidine rings is 1. The van der Waals surface area contributed by atoms with E-state index in [0.717, 1.165) is 62.1 Å². The number of aromatic nitrogens is 3. The lowest BCUT2D eigenvalue weighted by molar-refractivity contribution is -0.136. The molecule has 3 aromatic carbocycles. The lowest BCUT2D eigenvalue weighted by atomic mass is 9.96. The van der Waals surface area contributed by atoms with Gasteiger partial charge in [0, 0.05) is 60.3 Å². The normalized spacial score (nSPS) is 22.5. The summed E-state index contributed by atoms with van der Waals surface area (Å²) < 4.78 is 23.4. The molecule has 5 aliphatic heterocycles. The van der Waals surface area contributed by atoms with E-state index < -0.39 is 35.5 Å². The zero-order valence-corrected chi connectivity index (χ0v) is 34.0. The zero-order valence-electron chi connectivity index (χ0n) is 34.0. The lowest BCUT2D eigenvalue weighted by Crippen LogP contribution is -2.54. The van der Waals surface area contributed by atoms with E-state index in [1.54, 1.807) is 36.5 Å². The predicted octanol–water partition coefficient (Wildman–Crippen LogP) is 4.88. The molecule has 7 heterocycles. The Bertz CT molecular complexity index is 2730. The number of hydrogen-bond donors (Lipinski definition) is 3. The van der Waals surface area contributed by atoms with Crippen LogP contribution in [0.4, 0.5) is 10.2 Å². The molecule has 2 aromatic heterocycles. The van der Waals surface area contributed by atoms with E-state index in [1.807, 2.05) is 12.1 Å². The van der Waals surface area contributed by atoms with Crippen molar-refractivity contribution in [3.05, 3.63) is 82.8 Å². The second-order valence-corrected chi connectivity index (χ2v) is 17.0. The van der Waals surface area contributed by atoms with E-state index in [0.29, 0.717) is 71.3 Å². The van der Waals surface area contributed by atoms with E-state index in [9.17, 15) is 24.3 Å². The summed E-state index contributed by atoms with van der Waals surface area (Å²) in [7, 11) is 0. The summed E-state index contributed by atoms with van der Waals surface area (Å²) in [5.41, 5.74) is 2.52. The number of nitrogens with zero attached hydrogens (tertiary/aromatic N) is 6. The van der Waals surface area contributed by atoms with Crippen molar-refractivity contribution < 1.29 is 33.4 Å². The Morgan fingerprint density at radius 2 is 1.76 bits per heavy atom. The SMILES string of the molecule is C#Cc1cccc2cc(O)cc(-c3ncc4c(N5C[C@H]6CC[C@@H](C5)N6)nc(OC[C@@H]5CCCN5CCCCc5ccc6c(c5)C(=O)N(C5CCC(=O)NC5=O)C6=O)nc4c3F)c12. The molecule has 4 amide bonds. The fourth-order valence-electron chi connectivity index (χ4n) is 10.1. The number of benzene rings is 3. The standard InChI is InChI=1S/C47H45FN8O6/c1-2-27-8-5-9-28-20-32(57)21-35(39(27)28)41-40(48)42-36(22-49-41)43(55-23-29-12-13-30(24-55)50-29)53-47(52-42)62-25-31-10-6-18-54(31)17-4-3-7-26-11-14-33-34(19-26)46(61)56(45(33)60)37-15-16-38(58)51-44(37)59/h1,5,8-9,11,14,19-22,29-31,37,50,57H,3-4,6-7,10,12-13,15-18,23-25H2,(H,51,58,59)/t29-,30+,31-,37?/m0/s1. The van der Waals surface area contributed by atoms with Gasteiger partial charge in [-0.15, -0.1) is 6.42 Å². The number of aryl methyl sites for hydroxylation is 1. The second kappa shape index (κ2) is 16.1. The molecule has 1 unspecified atom stereocenters. The molecule has 5 aliphatic rings. The molecule has 4 atom stereocenters. The third-order valence-corrected chi connectivity index (χ3v) is 13.1. The number of amides is 4. The first kappa shape index (κ1) is 39.6. The fraction of sp³-hybridized carbons (Fsp3) is 0.383. The maximum atomic E-state index is 17.0. The smallest absolute Gasteiger partial charge is 0.319 e. The van der Waals surface area contributed by atoms with Crippen LogP contribution in [-0.4, -0.2) is 110 Å². The third-order valence-electron chi connectivity index (χ3n) is 13.1. The Hall–Kier alpha value is -6.50. The fourth-order valence-corrected chi connectivity index (χ4v) is 10.1. The largest absolute Gasteiger partial charge is 0.508 e. The van der Waals surface area contributed by atoms with Crippen molar-refractivity contribution in [3.63, 3.8) is 0 Å². The molecule has 0 aliphatic carbocycles. The van der Waals surface area contributed by atoms with Crippen LogP contribution in [0.5, 0.6) is 11.8 Å². The van der Waals surface area contributed by atoms with Gasteiger partial charge in [-0.1, -0.05) is 24.1 Å². The van der Waals surface area contributed by atoms with Gasteiger partial charge in [0.1, 0.15) is 35.4 Å². The Kier molecular flexibility index (Phi) is 10.3. The van der Waals surface area contributed by atoms with E-state index in [1.165, 1.54) is 6.07 Å². The van der Waals surface area contributed by atoms with E-state index in [2.05, 4.69) is 36.3 Å². The Morgan fingerprint density at radius 3 is 2.56 bits per heavy atom. The highest BCUT2D eigenvalue weighted by Crippen LogP contribution is 2.39. The second-order valence-electron chi connectivity index (χ2n) is 17.0. The summed E-state index contributed by atoms with van der Waals surface area (Å²) in [6.07, 6.45) is 14.2. The minimum absolute atomic E-state index is 0.0215. The van der Waals surface area contributed by atoms with E-state index in [4.69, 9.17) is 16.1 Å². The summed E-state index contributed by atoms with van der Waals surface area (Å²) >= 11 is 0. The molecule has 3 N–H and O–H groups in total. The first-order chi connectivity index (χ1) is 30.1. The highest BCUT2D eigenvalue weighted by atomic mass is 19.1. The number of pyridine rings is 1. The van der Waals surface area contributed by atoms with Crippen molar-refractivity contribution >= 4 is 51.1 Å². The van der Waals surface area contributed by atoms with Crippen LogP contribution in [0.15, 0.2) is 54.7 Å². The van der Waals surface area contributed by atoms with Crippen LogP contribution >= 0.6 is 0 Å². The number of nitrogens with one attached hydrogen (secondary N) is 2. The van der Waals surface area contributed by atoms with Crippen molar-refractivity contribution in [2.75, 3.05) is 37.7 Å². The molecule has 14 nitrogen and oxygen atoms in total. The van der Waals surface area contributed by atoms with Crippen LogP contribution in [0, 0.1) is 18.2 Å². The van der Waals surface area contributed by atoms with Gasteiger partial charge >= 0.3 is 6.01 Å². The summed E-state index contributed by atoms with van der Waals surface area (Å²) in [6, 6.07) is 13.5. The van der Waals surface area contributed by atoms with E-state index >= 15 is 4.39 Å². The van der Waals surface area contributed by atoms with Crippen molar-refractivity contribution in [1.29, 1.82) is 0 Å². The number of fused-ring (bicyclic) bond motifs is 5. The summed E-state index contributed by atoms with van der Waals surface area (Å²) in [4.78, 5) is 70.4. The molecular weight excluding hydrogens is 792 g/mol. The average molecular weight is 837 g/mol. The van der Waals surface area contributed by atoms with Crippen LogP contribution in [-0.2, 0) is 16.0 Å². The molecule has 0 spiro atoms. The number of ether oxygens (including phenoxy) is 1. The Balaban J connectivity index is 0.844. The number of terminal acetylenes is 1. The molecule has 4 fully saturated rings. The predicted molar refractivity (Wildman–Crippen MR) is 228 cm³/mol. The number of phenolic OH excluding ortho intramolecular Hbond substituents is 1. The molecular formula is C47H45FN8O6. The quantitative estimate of drug-likeness (QED) is 0.0939. The number of hydrogen-bond acceptors (Lipinski definition) is 12. The molecule has 5 aromatic rings. The maximum Gasteiger partial charge on any atom is 0.319 e. The number of piperazine rings is 1.